The van der Waals surface area contributed by atoms with Crippen molar-refractivity contribution in [1.82, 2.24) is 10.8 Å². The van der Waals surface area contributed by atoms with E-state index in [2.05, 4.69) is 16.1 Å². The summed E-state index contributed by atoms with van der Waals surface area (Å²) in [6.07, 6.45) is 0.186. The van der Waals surface area contributed by atoms with Gasteiger partial charge in [0.2, 0.25) is 0 Å². The number of para-hydroxylation sites is 1. The van der Waals surface area contributed by atoms with Gasteiger partial charge in [-0.05, 0) is 48.4 Å². The van der Waals surface area contributed by atoms with Gasteiger partial charge >= 0.3 is 5.97 Å². The summed E-state index contributed by atoms with van der Waals surface area (Å²) in [4.78, 5) is 43.1. The fourth-order valence-corrected chi connectivity index (χ4v) is 3.81. The molecule has 0 aliphatic heterocycles. The van der Waals surface area contributed by atoms with Crippen LogP contribution in [0.1, 0.15) is 31.8 Å². The zero-order valence-corrected chi connectivity index (χ0v) is 20.3. The van der Waals surface area contributed by atoms with Crippen molar-refractivity contribution >= 4 is 35.1 Å². The maximum atomic E-state index is 12.8. The summed E-state index contributed by atoms with van der Waals surface area (Å²) < 4.78 is 4.88. The highest BCUT2D eigenvalue weighted by molar-refractivity contribution is 6.34. The molecule has 2 amide bonds. The van der Waals surface area contributed by atoms with E-state index in [9.17, 15) is 14.4 Å². The molecule has 3 N–H and O–H groups in total. The maximum Gasteiger partial charge on any atom is 0.328 e. The highest BCUT2D eigenvalue weighted by Crippen LogP contribution is 2.22. The molecule has 0 aromatic heterocycles. The smallest absolute Gasteiger partial charge is 0.328 e. The molecule has 0 saturated carbocycles. The summed E-state index contributed by atoms with van der Waals surface area (Å²) in [5.41, 5.74) is 5.30. The van der Waals surface area contributed by atoms with Crippen LogP contribution in [0.2, 0.25) is 5.02 Å². The van der Waals surface area contributed by atoms with Gasteiger partial charge in [0, 0.05) is 19.2 Å². The van der Waals surface area contributed by atoms with Crippen LogP contribution in [0.15, 0.2) is 66.7 Å². The number of aryl methyl sites for hydroxylation is 1. The molecule has 0 saturated heterocycles. The van der Waals surface area contributed by atoms with Crippen molar-refractivity contribution in [2.24, 2.45) is 0 Å². The van der Waals surface area contributed by atoms with Crippen LogP contribution in [-0.2, 0) is 16.0 Å². The lowest BCUT2D eigenvalue weighted by Gasteiger charge is -2.18. The molecule has 9 heteroatoms. The highest BCUT2D eigenvalue weighted by Gasteiger charge is 2.24. The Hall–Kier alpha value is -3.88. The fraction of sp³-hybridized carbons (Fsp3) is 0.192. The summed E-state index contributed by atoms with van der Waals surface area (Å²) in [5.74, 6) is -1.06. The number of rotatable bonds is 9. The Labute approximate surface area is 208 Å². The number of methoxy groups -OCH3 is 1. The van der Waals surface area contributed by atoms with E-state index in [4.69, 9.17) is 21.2 Å². The Morgan fingerprint density at radius 3 is 2.31 bits per heavy atom. The minimum Gasteiger partial charge on any atom is -0.467 e. The molecule has 8 nitrogen and oxygen atoms in total. The number of benzene rings is 3. The minimum absolute atomic E-state index is 0.186. The predicted octanol–water partition coefficient (Wildman–Crippen LogP) is 3.93. The molecule has 182 valence electrons. The van der Waals surface area contributed by atoms with Gasteiger partial charge in [-0.25, -0.2) is 4.79 Å². The van der Waals surface area contributed by atoms with Gasteiger partial charge in [0.05, 0.1) is 23.3 Å². The second-order valence-electron chi connectivity index (χ2n) is 7.64. The maximum absolute atomic E-state index is 12.8. The van der Waals surface area contributed by atoms with Gasteiger partial charge in [-0.2, -0.15) is 5.48 Å². The average Bonchev–Trinajstić information content (AvgIpc) is 2.84. The quantitative estimate of drug-likeness (QED) is 0.307. The Morgan fingerprint density at radius 2 is 1.66 bits per heavy atom. The third kappa shape index (κ3) is 6.59. The van der Waals surface area contributed by atoms with Crippen LogP contribution in [0.5, 0.6) is 5.75 Å². The number of halogens is 1. The van der Waals surface area contributed by atoms with Crippen LogP contribution in [0.4, 0.5) is 5.69 Å². The third-order valence-electron chi connectivity index (χ3n) is 5.24. The number of carbonyl (C=O) groups excluding carboxylic acids is 3. The first-order valence-electron chi connectivity index (χ1n) is 10.8. The SMILES string of the molecule is CNOc1ccccc1C(=O)NC(Cc1ccc(NC(=O)c2c(C)cccc2Cl)cc1)C(=O)OC. The van der Waals surface area contributed by atoms with Crippen LogP contribution in [0, 0.1) is 6.92 Å². The lowest BCUT2D eigenvalue weighted by atomic mass is 10.0. The molecule has 3 aromatic rings. The summed E-state index contributed by atoms with van der Waals surface area (Å²) in [7, 11) is 2.84. The van der Waals surface area contributed by atoms with Gasteiger partial charge < -0.3 is 20.2 Å². The molecular formula is C26H26ClN3O5. The largest absolute Gasteiger partial charge is 0.467 e. The summed E-state index contributed by atoms with van der Waals surface area (Å²) >= 11 is 6.18. The van der Waals surface area contributed by atoms with Gasteiger partial charge in [-0.1, -0.05) is 48.0 Å². The van der Waals surface area contributed by atoms with Crippen LogP contribution in [0.3, 0.4) is 0 Å². The number of hydrogen-bond donors (Lipinski definition) is 3. The summed E-state index contributed by atoms with van der Waals surface area (Å²) in [6.45, 7) is 1.81. The molecule has 0 aliphatic rings. The molecule has 0 spiro atoms. The molecular weight excluding hydrogens is 470 g/mol. The minimum atomic E-state index is -0.929. The van der Waals surface area contributed by atoms with Gasteiger partial charge in [0.15, 0.2) is 5.75 Å². The van der Waals surface area contributed by atoms with Crippen LogP contribution >= 0.6 is 11.6 Å². The monoisotopic (exact) mass is 495 g/mol. The van der Waals surface area contributed by atoms with Crippen molar-refractivity contribution in [3.63, 3.8) is 0 Å². The number of hydroxylamine groups is 1. The molecule has 0 bridgehead atoms. The number of hydrogen-bond acceptors (Lipinski definition) is 6. The number of amides is 2. The van der Waals surface area contributed by atoms with Crippen molar-refractivity contribution < 1.29 is 24.0 Å². The van der Waals surface area contributed by atoms with E-state index < -0.39 is 17.9 Å². The molecule has 0 aliphatic carbocycles. The van der Waals surface area contributed by atoms with Crippen LogP contribution in [-0.4, -0.2) is 38.0 Å². The van der Waals surface area contributed by atoms with Crippen molar-refractivity contribution in [3.8, 4) is 5.75 Å². The van der Waals surface area contributed by atoms with E-state index in [0.717, 1.165) is 11.1 Å². The topological polar surface area (TPSA) is 106 Å². The molecule has 0 radical (unpaired) electrons. The van der Waals surface area contributed by atoms with E-state index in [1.54, 1.807) is 67.7 Å². The van der Waals surface area contributed by atoms with Gasteiger partial charge in [-0.3, -0.25) is 9.59 Å². The Morgan fingerprint density at radius 1 is 0.943 bits per heavy atom. The van der Waals surface area contributed by atoms with Crippen LogP contribution < -0.4 is 21.0 Å². The Bertz CT molecular complexity index is 1190. The Balaban J connectivity index is 1.71. The van der Waals surface area contributed by atoms with Crippen LogP contribution in [0.25, 0.3) is 0 Å². The first-order valence-corrected chi connectivity index (χ1v) is 11.2. The van der Waals surface area contributed by atoms with E-state index in [1.165, 1.54) is 7.11 Å². The lowest BCUT2D eigenvalue weighted by molar-refractivity contribution is -0.142. The number of nitrogens with one attached hydrogen (secondary N) is 3. The molecule has 3 aromatic carbocycles. The first kappa shape index (κ1) is 25.7. The second-order valence-corrected chi connectivity index (χ2v) is 8.05. The van der Waals surface area contributed by atoms with E-state index in [0.29, 0.717) is 22.0 Å². The van der Waals surface area contributed by atoms with E-state index >= 15 is 0 Å². The van der Waals surface area contributed by atoms with Crippen molar-refractivity contribution in [2.45, 2.75) is 19.4 Å². The summed E-state index contributed by atoms with van der Waals surface area (Å²) in [5, 5.41) is 5.90. The van der Waals surface area contributed by atoms with Crippen molar-refractivity contribution in [3.05, 3.63) is 94.0 Å². The predicted molar refractivity (Wildman–Crippen MR) is 134 cm³/mol. The molecule has 1 atom stereocenters. The average molecular weight is 496 g/mol. The number of ether oxygens (including phenoxy) is 1. The van der Waals surface area contributed by atoms with Gasteiger partial charge in [0.25, 0.3) is 11.8 Å². The normalized spacial score (nSPS) is 11.3. The third-order valence-corrected chi connectivity index (χ3v) is 5.55. The zero-order chi connectivity index (χ0) is 25.4. The molecule has 3 rings (SSSR count). The number of carbonyl (C=O) groups is 3. The van der Waals surface area contributed by atoms with Gasteiger partial charge in [-0.15, -0.1) is 0 Å². The molecule has 1 unspecified atom stereocenters. The first-order chi connectivity index (χ1) is 16.8. The van der Waals surface area contributed by atoms with E-state index in [-0.39, 0.29) is 17.9 Å². The molecule has 0 fully saturated rings. The second kappa shape index (κ2) is 12.0. The summed E-state index contributed by atoms with van der Waals surface area (Å²) in [6, 6.07) is 17.9. The fourth-order valence-electron chi connectivity index (χ4n) is 3.50. The number of esters is 1. The van der Waals surface area contributed by atoms with Crippen molar-refractivity contribution in [2.75, 3.05) is 19.5 Å². The highest BCUT2D eigenvalue weighted by atomic mass is 35.5. The van der Waals surface area contributed by atoms with E-state index in [1.807, 2.05) is 13.0 Å². The lowest BCUT2D eigenvalue weighted by Crippen LogP contribution is -2.43. The zero-order valence-electron chi connectivity index (χ0n) is 19.6. The van der Waals surface area contributed by atoms with Crippen molar-refractivity contribution in [1.29, 1.82) is 0 Å². The standard InChI is InChI=1S/C26H26ClN3O5/c1-16-7-6-9-20(27)23(16)25(32)29-18-13-11-17(12-14-18)15-21(26(33)34-3)30-24(31)19-8-4-5-10-22(19)35-28-2/h4-14,21,28H,15H2,1-3H3,(H,29,32)(H,30,31). The number of anilines is 1. The molecule has 0 heterocycles. The molecule has 35 heavy (non-hydrogen) atoms. The van der Waals surface area contributed by atoms with Gasteiger partial charge in [0.1, 0.15) is 6.04 Å². The Kier molecular flexibility index (Phi) is 8.83.